The van der Waals surface area contributed by atoms with Crippen molar-refractivity contribution in [3.05, 3.63) is 101 Å². The van der Waals surface area contributed by atoms with Gasteiger partial charge in [0.25, 0.3) is 5.91 Å². The average Bonchev–Trinajstić information content (AvgIpc) is 3.18. The second kappa shape index (κ2) is 10.3. The summed E-state index contributed by atoms with van der Waals surface area (Å²) in [6.45, 7) is 0.576. The van der Waals surface area contributed by atoms with Gasteiger partial charge in [-0.1, -0.05) is 36.4 Å². The summed E-state index contributed by atoms with van der Waals surface area (Å²) in [6, 6.07) is 21.2. The molecule has 0 fully saturated rings. The topological polar surface area (TPSA) is 69.6 Å². The van der Waals surface area contributed by atoms with Gasteiger partial charge in [-0.3, -0.25) is 4.79 Å². The largest absolute Gasteiger partial charge is 0.496 e. The van der Waals surface area contributed by atoms with Crippen LogP contribution in [0.2, 0.25) is 0 Å². The summed E-state index contributed by atoms with van der Waals surface area (Å²) in [6.07, 6.45) is 3.45. The molecule has 4 rings (SSSR count). The molecule has 6 nitrogen and oxygen atoms in total. The van der Waals surface area contributed by atoms with Gasteiger partial charge in [0.1, 0.15) is 5.75 Å². The summed E-state index contributed by atoms with van der Waals surface area (Å²) >= 11 is 0. The van der Waals surface area contributed by atoms with Crippen molar-refractivity contribution < 1.29 is 19.1 Å². The summed E-state index contributed by atoms with van der Waals surface area (Å²) in [5.41, 5.74) is 5.31. The van der Waals surface area contributed by atoms with Gasteiger partial charge in [0.05, 0.1) is 19.8 Å². The zero-order valence-electron chi connectivity index (χ0n) is 19.6. The Morgan fingerprint density at radius 3 is 2.41 bits per heavy atom. The molecule has 0 radical (unpaired) electrons. The lowest BCUT2D eigenvalue weighted by Crippen LogP contribution is -2.25. The standard InChI is InChI=1S/C28H28N2O4/c1-30-18-23(15-20-9-10-22(28(32)34-3)17-26(20)33-2)24-16-21(11-12-25(24)30)27(31)29-14-13-19-7-5-4-6-8-19/h4-12,16-18H,13-15H2,1-3H3,(H,29,31). The van der Waals surface area contributed by atoms with Crippen molar-refractivity contribution >= 4 is 22.8 Å². The molecule has 174 valence electrons. The van der Waals surface area contributed by atoms with Crippen LogP contribution in [0.3, 0.4) is 0 Å². The number of hydrogen-bond donors (Lipinski definition) is 1. The molecule has 34 heavy (non-hydrogen) atoms. The highest BCUT2D eigenvalue weighted by atomic mass is 16.5. The normalized spacial score (nSPS) is 10.8. The van der Waals surface area contributed by atoms with E-state index in [9.17, 15) is 9.59 Å². The lowest BCUT2D eigenvalue weighted by atomic mass is 10.0. The summed E-state index contributed by atoms with van der Waals surface area (Å²) < 4.78 is 12.4. The number of nitrogens with one attached hydrogen (secondary N) is 1. The van der Waals surface area contributed by atoms with Crippen LogP contribution in [-0.4, -0.2) is 37.2 Å². The molecule has 1 N–H and O–H groups in total. The van der Waals surface area contributed by atoms with Crippen LogP contribution in [-0.2, 0) is 24.6 Å². The van der Waals surface area contributed by atoms with Crippen LogP contribution in [0.25, 0.3) is 10.9 Å². The highest BCUT2D eigenvalue weighted by Gasteiger charge is 2.15. The first-order valence-electron chi connectivity index (χ1n) is 11.2. The number of methoxy groups -OCH3 is 2. The number of benzene rings is 3. The Labute approximate surface area is 199 Å². The molecule has 0 spiro atoms. The van der Waals surface area contributed by atoms with Crippen LogP contribution in [0.5, 0.6) is 5.75 Å². The van der Waals surface area contributed by atoms with Gasteiger partial charge in [-0.15, -0.1) is 0 Å². The maximum absolute atomic E-state index is 12.8. The third-order valence-electron chi connectivity index (χ3n) is 5.97. The van der Waals surface area contributed by atoms with Crippen molar-refractivity contribution in [3.8, 4) is 5.75 Å². The summed E-state index contributed by atoms with van der Waals surface area (Å²) in [5, 5.41) is 4.03. The molecule has 0 atom stereocenters. The van der Waals surface area contributed by atoms with Crippen LogP contribution < -0.4 is 10.1 Å². The monoisotopic (exact) mass is 456 g/mol. The van der Waals surface area contributed by atoms with E-state index >= 15 is 0 Å². The van der Waals surface area contributed by atoms with Crippen LogP contribution >= 0.6 is 0 Å². The number of fused-ring (bicyclic) bond motifs is 1. The van der Waals surface area contributed by atoms with Crippen molar-refractivity contribution in [2.45, 2.75) is 12.8 Å². The first kappa shape index (κ1) is 23.1. The molecule has 3 aromatic carbocycles. The lowest BCUT2D eigenvalue weighted by Gasteiger charge is -2.10. The van der Waals surface area contributed by atoms with E-state index < -0.39 is 5.97 Å². The van der Waals surface area contributed by atoms with E-state index in [2.05, 4.69) is 28.2 Å². The Morgan fingerprint density at radius 2 is 1.68 bits per heavy atom. The third-order valence-corrected chi connectivity index (χ3v) is 5.97. The molecular weight excluding hydrogens is 428 g/mol. The molecular formula is C28H28N2O4. The molecule has 0 unspecified atom stereocenters. The number of amides is 1. The molecule has 0 aliphatic rings. The Hall–Kier alpha value is -4.06. The van der Waals surface area contributed by atoms with E-state index in [1.165, 1.54) is 12.7 Å². The highest BCUT2D eigenvalue weighted by molar-refractivity contribution is 5.99. The van der Waals surface area contributed by atoms with Crippen molar-refractivity contribution in [2.24, 2.45) is 7.05 Å². The molecule has 0 aliphatic heterocycles. The predicted molar refractivity (Wildman–Crippen MR) is 133 cm³/mol. The molecule has 0 aliphatic carbocycles. The predicted octanol–water partition coefficient (Wildman–Crippen LogP) is 4.54. The molecule has 0 saturated heterocycles. The summed E-state index contributed by atoms with van der Waals surface area (Å²) in [5.74, 6) is 0.125. The van der Waals surface area contributed by atoms with Crippen LogP contribution in [0.1, 0.15) is 37.4 Å². The zero-order valence-corrected chi connectivity index (χ0v) is 19.6. The van der Waals surface area contributed by atoms with Crippen LogP contribution in [0.15, 0.2) is 72.9 Å². The van der Waals surface area contributed by atoms with Gasteiger partial charge >= 0.3 is 5.97 Å². The maximum atomic E-state index is 12.8. The number of carbonyl (C=O) groups is 2. The van der Waals surface area contributed by atoms with Gasteiger partial charge in [-0.05, 0) is 53.4 Å². The smallest absolute Gasteiger partial charge is 0.337 e. The SMILES string of the molecule is COC(=O)c1ccc(Cc2cn(C)c3ccc(C(=O)NCCc4ccccc4)cc23)c(OC)c1. The van der Waals surface area contributed by atoms with Crippen LogP contribution in [0.4, 0.5) is 0 Å². The van der Waals surface area contributed by atoms with Gasteiger partial charge in [0.2, 0.25) is 0 Å². The fourth-order valence-corrected chi connectivity index (χ4v) is 4.16. The van der Waals surface area contributed by atoms with Gasteiger partial charge < -0.3 is 19.4 Å². The molecule has 1 amide bonds. The van der Waals surface area contributed by atoms with Crippen molar-refractivity contribution in [1.29, 1.82) is 0 Å². The number of rotatable bonds is 8. The number of hydrogen-bond acceptors (Lipinski definition) is 4. The van der Waals surface area contributed by atoms with E-state index in [1.54, 1.807) is 19.2 Å². The van der Waals surface area contributed by atoms with Crippen molar-refractivity contribution in [3.63, 3.8) is 0 Å². The Kier molecular flexibility index (Phi) is 6.97. The summed E-state index contributed by atoms with van der Waals surface area (Å²) in [4.78, 5) is 24.7. The first-order chi connectivity index (χ1) is 16.5. The van der Waals surface area contributed by atoms with E-state index in [0.717, 1.165) is 28.5 Å². The Bertz CT molecular complexity index is 1330. The molecule has 0 bridgehead atoms. The summed E-state index contributed by atoms with van der Waals surface area (Å²) in [7, 11) is 4.93. The average molecular weight is 457 g/mol. The maximum Gasteiger partial charge on any atom is 0.337 e. The minimum absolute atomic E-state index is 0.0901. The van der Waals surface area contributed by atoms with Crippen molar-refractivity contribution in [1.82, 2.24) is 9.88 Å². The van der Waals surface area contributed by atoms with E-state index in [1.807, 2.05) is 49.5 Å². The fraction of sp³-hybridized carbons (Fsp3) is 0.214. The van der Waals surface area contributed by atoms with E-state index in [4.69, 9.17) is 9.47 Å². The first-order valence-corrected chi connectivity index (χ1v) is 11.2. The molecule has 1 aromatic heterocycles. The minimum Gasteiger partial charge on any atom is -0.496 e. The third kappa shape index (κ3) is 4.96. The number of esters is 1. The van der Waals surface area contributed by atoms with Gasteiger partial charge in [0, 0.05) is 42.7 Å². The number of aryl methyl sites for hydroxylation is 1. The van der Waals surface area contributed by atoms with Crippen molar-refractivity contribution in [2.75, 3.05) is 20.8 Å². The van der Waals surface area contributed by atoms with E-state index in [-0.39, 0.29) is 5.91 Å². The fourth-order valence-electron chi connectivity index (χ4n) is 4.16. The number of nitrogens with zero attached hydrogens (tertiary/aromatic N) is 1. The van der Waals surface area contributed by atoms with Gasteiger partial charge in [0.15, 0.2) is 0 Å². The number of aromatic nitrogens is 1. The zero-order chi connectivity index (χ0) is 24.1. The highest BCUT2D eigenvalue weighted by Crippen LogP contribution is 2.29. The Morgan fingerprint density at radius 1 is 0.912 bits per heavy atom. The number of ether oxygens (including phenoxy) is 2. The number of carbonyl (C=O) groups excluding carboxylic acids is 2. The lowest BCUT2D eigenvalue weighted by molar-refractivity contribution is 0.0600. The molecule has 6 heteroatoms. The minimum atomic E-state index is -0.405. The quantitative estimate of drug-likeness (QED) is 0.395. The second-order valence-electron chi connectivity index (χ2n) is 8.18. The molecule has 4 aromatic rings. The van der Waals surface area contributed by atoms with Gasteiger partial charge in [-0.2, -0.15) is 0 Å². The second-order valence-corrected chi connectivity index (χ2v) is 8.18. The molecule has 0 saturated carbocycles. The Balaban J connectivity index is 1.55. The van der Waals surface area contributed by atoms with Crippen LogP contribution in [0, 0.1) is 0 Å². The van der Waals surface area contributed by atoms with E-state index in [0.29, 0.717) is 29.8 Å². The van der Waals surface area contributed by atoms with Gasteiger partial charge in [-0.25, -0.2) is 4.79 Å². The molecule has 1 heterocycles.